The van der Waals surface area contributed by atoms with Crippen LogP contribution in [-0.4, -0.2) is 30.0 Å². The first kappa shape index (κ1) is 19.2. The lowest BCUT2D eigenvalue weighted by atomic mass is 10.2. The first-order valence-corrected chi connectivity index (χ1v) is 8.93. The number of nitrogens with zero attached hydrogens (tertiary/aromatic N) is 2. The Kier molecular flexibility index (Phi) is 6.78. The van der Waals surface area contributed by atoms with E-state index in [1.54, 1.807) is 28.5 Å². The SMILES string of the molecule is CCN(C(C)=O)c1nc(COC(=O)COc2ccc(Cl)c(C)c2)cs1. The fraction of sp³-hybridized carbons (Fsp3) is 0.353. The van der Waals surface area contributed by atoms with Crippen molar-refractivity contribution in [2.75, 3.05) is 18.1 Å². The zero-order chi connectivity index (χ0) is 18.4. The Bertz CT molecular complexity index is 763. The van der Waals surface area contributed by atoms with Crippen molar-refractivity contribution in [1.82, 2.24) is 4.98 Å². The molecule has 8 heteroatoms. The number of aromatic nitrogens is 1. The van der Waals surface area contributed by atoms with Crippen molar-refractivity contribution in [1.29, 1.82) is 0 Å². The van der Waals surface area contributed by atoms with Crippen LogP contribution in [0.4, 0.5) is 5.13 Å². The maximum Gasteiger partial charge on any atom is 0.344 e. The second-order valence-electron chi connectivity index (χ2n) is 5.25. The molecule has 1 aromatic heterocycles. The number of aryl methyl sites for hydroxylation is 1. The van der Waals surface area contributed by atoms with Gasteiger partial charge in [0.1, 0.15) is 12.4 Å². The van der Waals surface area contributed by atoms with E-state index in [-0.39, 0.29) is 19.1 Å². The van der Waals surface area contributed by atoms with Gasteiger partial charge in [-0.05, 0) is 37.6 Å². The molecular formula is C17H19ClN2O4S. The molecule has 1 aromatic carbocycles. The Morgan fingerprint density at radius 3 is 2.76 bits per heavy atom. The third-order valence-corrected chi connectivity index (χ3v) is 4.67. The van der Waals surface area contributed by atoms with E-state index in [1.165, 1.54) is 18.3 Å². The number of benzene rings is 1. The van der Waals surface area contributed by atoms with E-state index in [1.807, 2.05) is 13.8 Å². The Labute approximate surface area is 155 Å². The molecule has 0 N–H and O–H groups in total. The van der Waals surface area contributed by atoms with E-state index in [0.717, 1.165) is 5.56 Å². The fourth-order valence-electron chi connectivity index (χ4n) is 2.02. The molecule has 0 unspecified atom stereocenters. The van der Waals surface area contributed by atoms with Crippen LogP contribution in [0.15, 0.2) is 23.6 Å². The largest absolute Gasteiger partial charge is 0.482 e. The lowest BCUT2D eigenvalue weighted by Gasteiger charge is -2.14. The highest BCUT2D eigenvalue weighted by molar-refractivity contribution is 7.14. The number of amides is 1. The van der Waals surface area contributed by atoms with E-state index >= 15 is 0 Å². The van der Waals surface area contributed by atoms with Crippen molar-refractivity contribution in [3.05, 3.63) is 39.9 Å². The van der Waals surface area contributed by atoms with Gasteiger partial charge in [0.2, 0.25) is 5.91 Å². The molecule has 0 atom stereocenters. The van der Waals surface area contributed by atoms with Gasteiger partial charge in [0.15, 0.2) is 11.7 Å². The van der Waals surface area contributed by atoms with Gasteiger partial charge in [0.25, 0.3) is 0 Å². The molecule has 2 rings (SSSR count). The third-order valence-electron chi connectivity index (χ3n) is 3.33. The van der Waals surface area contributed by atoms with Crippen molar-refractivity contribution < 1.29 is 19.1 Å². The summed E-state index contributed by atoms with van der Waals surface area (Å²) in [5.74, 6) is -0.0250. The van der Waals surface area contributed by atoms with Crippen LogP contribution in [0.5, 0.6) is 5.75 Å². The highest BCUT2D eigenvalue weighted by Crippen LogP contribution is 2.22. The smallest absolute Gasteiger partial charge is 0.344 e. The van der Waals surface area contributed by atoms with Crippen LogP contribution in [0, 0.1) is 6.92 Å². The van der Waals surface area contributed by atoms with E-state index in [4.69, 9.17) is 21.1 Å². The molecule has 0 aliphatic rings. The minimum Gasteiger partial charge on any atom is -0.482 e. The Morgan fingerprint density at radius 1 is 1.36 bits per heavy atom. The zero-order valence-electron chi connectivity index (χ0n) is 14.2. The van der Waals surface area contributed by atoms with E-state index in [9.17, 15) is 9.59 Å². The van der Waals surface area contributed by atoms with Crippen molar-refractivity contribution in [3.63, 3.8) is 0 Å². The lowest BCUT2D eigenvalue weighted by Crippen LogP contribution is -2.27. The highest BCUT2D eigenvalue weighted by atomic mass is 35.5. The van der Waals surface area contributed by atoms with E-state index < -0.39 is 5.97 Å². The maximum atomic E-state index is 11.8. The van der Waals surface area contributed by atoms with Crippen LogP contribution < -0.4 is 9.64 Å². The first-order chi connectivity index (χ1) is 11.9. The highest BCUT2D eigenvalue weighted by Gasteiger charge is 2.14. The lowest BCUT2D eigenvalue weighted by molar-refractivity contribution is -0.147. The molecule has 25 heavy (non-hydrogen) atoms. The number of ether oxygens (including phenoxy) is 2. The number of carbonyl (C=O) groups is 2. The third kappa shape index (κ3) is 5.44. The molecule has 0 fully saturated rings. The van der Waals surface area contributed by atoms with Gasteiger partial charge in [-0.2, -0.15) is 0 Å². The summed E-state index contributed by atoms with van der Waals surface area (Å²) in [6.07, 6.45) is 0. The number of anilines is 1. The topological polar surface area (TPSA) is 68.7 Å². The van der Waals surface area contributed by atoms with E-state index in [0.29, 0.717) is 28.1 Å². The normalized spacial score (nSPS) is 10.4. The number of thiazole rings is 1. The molecule has 1 amide bonds. The summed E-state index contributed by atoms with van der Waals surface area (Å²) < 4.78 is 10.5. The predicted octanol–water partition coefficient (Wildman–Crippen LogP) is 3.60. The van der Waals surface area contributed by atoms with Gasteiger partial charge in [-0.15, -0.1) is 11.3 Å². The zero-order valence-corrected chi connectivity index (χ0v) is 15.8. The van der Waals surface area contributed by atoms with Crippen LogP contribution in [0.3, 0.4) is 0 Å². The molecule has 0 aliphatic carbocycles. The Morgan fingerprint density at radius 2 is 2.12 bits per heavy atom. The van der Waals surface area contributed by atoms with Crippen LogP contribution in [0.25, 0.3) is 0 Å². The summed E-state index contributed by atoms with van der Waals surface area (Å²) in [6.45, 7) is 5.59. The van der Waals surface area contributed by atoms with Gasteiger partial charge >= 0.3 is 5.97 Å². The van der Waals surface area contributed by atoms with Crippen LogP contribution in [0.2, 0.25) is 5.02 Å². The number of esters is 1. The van der Waals surface area contributed by atoms with Crippen molar-refractivity contribution in [2.45, 2.75) is 27.4 Å². The molecule has 0 radical (unpaired) electrons. The average molecular weight is 383 g/mol. The second-order valence-corrected chi connectivity index (χ2v) is 6.49. The molecule has 1 heterocycles. The number of hydrogen-bond donors (Lipinski definition) is 0. The number of carbonyl (C=O) groups excluding carboxylic acids is 2. The Hall–Kier alpha value is -2.12. The molecule has 0 aliphatic heterocycles. The van der Waals surface area contributed by atoms with Crippen LogP contribution >= 0.6 is 22.9 Å². The summed E-state index contributed by atoms with van der Waals surface area (Å²) >= 11 is 7.27. The second kappa shape index (κ2) is 8.82. The van der Waals surface area contributed by atoms with Gasteiger partial charge < -0.3 is 9.47 Å². The first-order valence-electron chi connectivity index (χ1n) is 7.67. The van der Waals surface area contributed by atoms with Crippen LogP contribution in [0.1, 0.15) is 25.1 Å². The standard InChI is InChI=1S/C17H19ClN2O4S/c1-4-20(12(3)21)17-19-13(10-25-17)8-24-16(22)9-23-14-5-6-15(18)11(2)7-14/h5-7,10H,4,8-9H2,1-3H3. The minimum absolute atomic E-state index is 0.0355. The van der Waals surface area contributed by atoms with Crippen molar-refractivity contribution in [3.8, 4) is 5.75 Å². The summed E-state index contributed by atoms with van der Waals surface area (Å²) in [5.41, 5.74) is 1.46. The number of rotatable bonds is 7. The summed E-state index contributed by atoms with van der Waals surface area (Å²) in [6, 6.07) is 5.16. The monoisotopic (exact) mass is 382 g/mol. The molecule has 0 saturated carbocycles. The van der Waals surface area contributed by atoms with E-state index in [2.05, 4.69) is 4.98 Å². The molecule has 2 aromatic rings. The van der Waals surface area contributed by atoms with Crippen LogP contribution in [-0.2, 0) is 20.9 Å². The van der Waals surface area contributed by atoms with Gasteiger partial charge in [-0.3, -0.25) is 9.69 Å². The van der Waals surface area contributed by atoms with Crippen molar-refractivity contribution >= 4 is 39.9 Å². The predicted molar refractivity (Wildman–Crippen MR) is 97.3 cm³/mol. The molecule has 0 saturated heterocycles. The molecule has 6 nitrogen and oxygen atoms in total. The van der Waals surface area contributed by atoms with Gasteiger partial charge in [0.05, 0.1) is 5.69 Å². The quantitative estimate of drug-likeness (QED) is 0.684. The molecule has 134 valence electrons. The number of hydrogen-bond acceptors (Lipinski definition) is 6. The summed E-state index contributed by atoms with van der Waals surface area (Å²) in [4.78, 5) is 29.1. The fourth-order valence-corrected chi connectivity index (χ4v) is 3.06. The molecular weight excluding hydrogens is 364 g/mol. The summed E-state index contributed by atoms with van der Waals surface area (Å²) in [7, 11) is 0. The maximum absolute atomic E-state index is 11.8. The average Bonchev–Trinajstić information content (AvgIpc) is 3.03. The van der Waals surface area contributed by atoms with Gasteiger partial charge in [-0.25, -0.2) is 9.78 Å². The number of halogens is 1. The van der Waals surface area contributed by atoms with Gasteiger partial charge in [0, 0.05) is 23.9 Å². The summed E-state index contributed by atoms with van der Waals surface area (Å²) in [5, 5.41) is 2.99. The Balaban J connectivity index is 1.83. The molecule has 0 bridgehead atoms. The minimum atomic E-state index is -0.499. The molecule has 0 spiro atoms. The van der Waals surface area contributed by atoms with Gasteiger partial charge in [-0.1, -0.05) is 11.6 Å². The van der Waals surface area contributed by atoms with Crippen molar-refractivity contribution in [2.24, 2.45) is 0 Å².